The van der Waals surface area contributed by atoms with Crippen molar-refractivity contribution in [2.75, 3.05) is 26.8 Å². The molecule has 5 heteroatoms. The van der Waals surface area contributed by atoms with Gasteiger partial charge in [0, 0.05) is 20.2 Å². The zero-order valence-electron chi connectivity index (χ0n) is 12.2. The van der Waals surface area contributed by atoms with Crippen LogP contribution in [0.3, 0.4) is 0 Å². The van der Waals surface area contributed by atoms with E-state index >= 15 is 0 Å². The molecule has 112 valence electrons. The van der Waals surface area contributed by atoms with Crippen molar-refractivity contribution in [2.24, 2.45) is 0 Å². The zero-order valence-corrected chi connectivity index (χ0v) is 12.2. The van der Waals surface area contributed by atoms with Crippen LogP contribution in [0.25, 0.3) is 0 Å². The summed E-state index contributed by atoms with van der Waals surface area (Å²) < 4.78 is 11.1. The number of hydrogen-bond acceptors (Lipinski definition) is 4. The molecule has 1 saturated heterocycles. The summed E-state index contributed by atoms with van der Waals surface area (Å²) in [6, 6.07) is 8.75. The van der Waals surface area contributed by atoms with Gasteiger partial charge >= 0.3 is 0 Å². The number of rotatable bonds is 5. The van der Waals surface area contributed by atoms with Crippen molar-refractivity contribution in [3.05, 3.63) is 29.8 Å². The molecule has 0 spiro atoms. The Morgan fingerprint density at radius 1 is 1.43 bits per heavy atom. The highest BCUT2D eigenvalue weighted by atomic mass is 16.5. The average Bonchev–Trinajstić information content (AvgIpc) is 2.54. The highest BCUT2D eigenvalue weighted by molar-refractivity contribution is 5.77. The number of benzene rings is 1. The Kier molecular flexibility index (Phi) is 5.59. The number of hydrogen-bond donors (Lipinski definition) is 0. The van der Waals surface area contributed by atoms with Crippen molar-refractivity contribution in [3.63, 3.8) is 0 Å². The molecule has 1 aromatic carbocycles. The van der Waals surface area contributed by atoms with Crippen LogP contribution < -0.4 is 4.74 Å². The molecule has 0 saturated carbocycles. The Hall–Kier alpha value is -2.06. The van der Waals surface area contributed by atoms with Crippen LogP contribution >= 0.6 is 0 Å². The predicted octanol–water partition coefficient (Wildman–Crippen LogP) is 1.96. The molecule has 1 aliphatic heterocycles. The van der Waals surface area contributed by atoms with Gasteiger partial charge in [-0.25, -0.2) is 0 Å². The zero-order chi connectivity index (χ0) is 15.1. The van der Waals surface area contributed by atoms with E-state index in [2.05, 4.69) is 0 Å². The summed E-state index contributed by atoms with van der Waals surface area (Å²) in [5, 5.41) is 8.71. The van der Waals surface area contributed by atoms with Crippen LogP contribution in [-0.2, 0) is 9.53 Å². The van der Waals surface area contributed by atoms with E-state index in [1.165, 1.54) is 0 Å². The second-order valence-corrected chi connectivity index (χ2v) is 5.19. The first-order chi connectivity index (χ1) is 10.2. The van der Waals surface area contributed by atoms with Crippen LogP contribution in [0.2, 0.25) is 0 Å². The number of carbonyl (C=O) groups is 1. The van der Waals surface area contributed by atoms with Gasteiger partial charge in [0.2, 0.25) is 0 Å². The maximum Gasteiger partial charge on any atom is 0.260 e. The van der Waals surface area contributed by atoms with Crippen molar-refractivity contribution in [2.45, 2.75) is 25.4 Å². The van der Waals surface area contributed by atoms with Gasteiger partial charge in [0.05, 0.1) is 17.7 Å². The third kappa shape index (κ3) is 4.76. The second-order valence-electron chi connectivity index (χ2n) is 5.19. The minimum atomic E-state index is -0.0754. The highest BCUT2D eigenvalue weighted by Crippen LogP contribution is 2.14. The lowest BCUT2D eigenvalue weighted by Gasteiger charge is -2.27. The van der Waals surface area contributed by atoms with E-state index in [1.807, 2.05) is 6.07 Å². The van der Waals surface area contributed by atoms with E-state index < -0.39 is 0 Å². The van der Waals surface area contributed by atoms with Gasteiger partial charge in [-0.1, -0.05) is 0 Å². The summed E-state index contributed by atoms with van der Waals surface area (Å²) in [4.78, 5) is 13.7. The Bertz CT molecular complexity index is 501. The van der Waals surface area contributed by atoms with Gasteiger partial charge in [-0.05, 0) is 43.5 Å². The standard InChI is InChI=1S/C16H20N2O3/c1-18(11-15-4-2-3-9-20-15)16(19)12-21-14-7-5-13(10-17)6-8-14/h5-8,15H,2-4,9,11-12H2,1H3. The summed E-state index contributed by atoms with van der Waals surface area (Å²) in [5.41, 5.74) is 0.570. The van der Waals surface area contributed by atoms with E-state index in [4.69, 9.17) is 14.7 Å². The molecule has 0 aromatic heterocycles. The molecule has 1 atom stereocenters. The van der Waals surface area contributed by atoms with Crippen LogP contribution in [0, 0.1) is 11.3 Å². The molecule has 2 rings (SSSR count). The largest absolute Gasteiger partial charge is 0.484 e. The molecule has 1 amide bonds. The van der Waals surface area contributed by atoms with Crippen LogP contribution in [0.4, 0.5) is 0 Å². The van der Waals surface area contributed by atoms with Crippen molar-refractivity contribution < 1.29 is 14.3 Å². The number of amides is 1. The van der Waals surface area contributed by atoms with Crippen LogP contribution in [0.15, 0.2) is 24.3 Å². The molecule has 0 radical (unpaired) electrons. The van der Waals surface area contributed by atoms with Crippen LogP contribution in [-0.4, -0.2) is 43.7 Å². The first-order valence-corrected chi connectivity index (χ1v) is 7.17. The fourth-order valence-corrected chi connectivity index (χ4v) is 2.24. The van der Waals surface area contributed by atoms with Crippen LogP contribution in [0.5, 0.6) is 5.75 Å². The van der Waals surface area contributed by atoms with E-state index in [0.29, 0.717) is 17.9 Å². The lowest BCUT2D eigenvalue weighted by atomic mass is 10.1. The molecular weight excluding hydrogens is 268 g/mol. The van der Waals surface area contributed by atoms with Crippen molar-refractivity contribution >= 4 is 5.91 Å². The summed E-state index contributed by atoms with van der Waals surface area (Å²) in [5.74, 6) is 0.512. The van der Waals surface area contributed by atoms with Gasteiger partial charge in [-0.2, -0.15) is 5.26 Å². The fourth-order valence-electron chi connectivity index (χ4n) is 2.24. The molecule has 1 fully saturated rings. The second kappa shape index (κ2) is 7.65. The normalized spacial score (nSPS) is 17.8. The third-order valence-electron chi connectivity index (χ3n) is 3.52. The van der Waals surface area contributed by atoms with E-state index in [0.717, 1.165) is 25.9 Å². The number of carbonyl (C=O) groups excluding carboxylic acids is 1. The van der Waals surface area contributed by atoms with Gasteiger partial charge in [0.15, 0.2) is 6.61 Å². The fraction of sp³-hybridized carbons (Fsp3) is 0.500. The summed E-state index contributed by atoms with van der Waals surface area (Å²) in [6.07, 6.45) is 3.42. The van der Waals surface area contributed by atoms with Gasteiger partial charge in [0.1, 0.15) is 5.75 Å². The van der Waals surface area contributed by atoms with E-state index in [-0.39, 0.29) is 18.6 Å². The summed E-state index contributed by atoms with van der Waals surface area (Å²) in [6.45, 7) is 1.39. The van der Waals surface area contributed by atoms with Gasteiger partial charge in [-0.3, -0.25) is 4.79 Å². The van der Waals surface area contributed by atoms with Gasteiger partial charge in [-0.15, -0.1) is 0 Å². The van der Waals surface area contributed by atoms with Crippen molar-refractivity contribution in [3.8, 4) is 11.8 Å². The monoisotopic (exact) mass is 288 g/mol. The number of likely N-dealkylation sites (N-methyl/N-ethyl adjacent to an activating group) is 1. The minimum Gasteiger partial charge on any atom is -0.484 e. The summed E-state index contributed by atoms with van der Waals surface area (Å²) in [7, 11) is 1.77. The van der Waals surface area contributed by atoms with Crippen molar-refractivity contribution in [1.29, 1.82) is 5.26 Å². The quantitative estimate of drug-likeness (QED) is 0.831. The molecule has 5 nitrogen and oxygen atoms in total. The number of nitriles is 1. The third-order valence-corrected chi connectivity index (χ3v) is 3.52. The van der Waals surface area contributed by atoms with Gasteiger partial charge in [0.25, 0.3) is 5.91 Å². The van der Waals surface area contributed by atoms with Gasteiger partial charge < -0.3 is 14.4 Å². The van der Waals surface area contributed by atoms with E-state index in [1.54, 1.807) is 36.2 Å². The Labute approximate surface area is 125 Å². The molecule has 0 aliphatic carbocycles. The Morgan fingerprint density at radius 3 is 2.81 bits per heavy atom. The number of nitrogens with zero attached hydrogens (tertiary/aromatic N) is 2. The Morgan fingerprint density at radius 2 is 2.19 bits per heavy atom. The first kappa shape index (κ1) is 15.3. The predicted molar refractivity (Wildman–Crippen MR) is 77.9 cm³/mol. The average molecular weight is 288 g/mol. The van der Waals surface area contributed by atoms with Crippen LogP contribution in [0.1, 0.15) is 24.8 Å². The molecule has 0 bridgehead atoms. The van der Waals surface area contributed by atoms with Crippen molar-refractivity contribution in [1.82, 2.24) is 4.90 Å². The smallest absolute Gasteiger partial charge is 0.260 e. The lowest BCUT2D eigenvalue weighted by Crippen LogP contribution is -2.39. The molecule has 1 unspecified atom stereocenters. The molecule has 1 aliphatic rings. The first-order valence-electron chi connectivity index (χ1n) is 7.17. The summed E-state index contributed by atoms with van der Waals surface area (Å²) >= 11 is 0. The molecule has 1 aromatic rings. The molecular formula is C16H20N2O3. The highest BCUT2D eigenvalue weighted by Gasteiger charge is 2.19. The minimum absolute atomic E-state index is 0.00484. The lowest BCUT2D eigenvalue weighted by molar-refractivity contribution is -0.134. The maximum absolute atomic E-state index is 12.0. The number of ether oxygens (including phenoxy) is 2. The Balaban J connectivity index is 1.76. The maximum atomic E-state index is 12.0. The SMILES string of the molecule is CN(CC1CCCCO1)C(=O)COc1ccc(C#N)cc1. The topological polar surface area (TPSA) is 62.6 Å². The molecule has 21 heavy (non-hydrogen) atoms. The molecule has 1 heterocycles. The van der Waals surface area contributed by atoms with E-state index in [9.17, 15) is 4.79 Å². The molecule has 0 N–H and O–H groups in total.